The number of nitrogens with one attached hydrogen (secondary N) is 1. The van der Waals surface area contributed by atoms with Crippen LogP contribution in [-0.2, 0) is 11.2 Å². The highest BCUT2D eigenvalue weighted by molar-refractivity contribution is 5.78. The van der Waals surface area contributed by atoms with E-state index in [0.29, 0.717) is 0 Å². The number of nitrogens with zero attached hydrogens (tertiary/aromatic N) is 2. The highest BCUT2D eigenvalue weighted by Crippen LogP contribution is 2.27. The van der Waals surface area contributed by atoms with Crippen molar-refractivity contribution in [3.8, 4) is 0 Å². The third-order valence-electron chi connectivity index (χ3n) is 6.19. The van der Waals surface area contributed by atoms with E-state index in [0.717, 1.165) is 43.6 Å². The van der Waals surface area contributed by atoms with E-state index in [1.165, 1.54) is 30.3 Å². The van der Waals surface area contributed by atoms with Crippen molar-refractivity contribution in [2.45, 2.75) is 57.9 Å². The maximum absolute atomic E-state index is 12.4. The molecule has 1 fully saturated rings. The molecule has 0 bridgehead atoms. The van der Waals surface area contributed by atoms with Gasteiger partial charge in [0.2, 0.25) is 5.91 Å². The van der Waals surface area contributed by atoms with E-state index in [-0.39, 0.29) is 17.9 Å². The van der Waals surface area contributed by atoms with E-state index >= 15 is 0 Å². The molecule has 29 heavy (non-hydrogen) atoms. The predicted molar refractivity (Wildman–Crippen MR) is 118 cm³/mol. The lowest BCUT2D eigenvalue weighted by atomic mass is 9.89. The zero-order valence-electron chi connectivity index (χ0n) is 17.3. The van der Waals surface area contributed by atoms with Gasteiger partial charge in [-0.2, -0.15) is 0 Å². The minimum atomic E-state index is 0.218. The topological polar surface area (TPSA) is 46.9 Å². The zero-order valence-corrected chi connectivity index (χ0v) is 17.3. The summed E-state index contributed by atoms with van der Waals surface area (Å²) in [7, 11) is 0. The van der Waals surface area contributed by atoms with Gasteiger partial charge in [-0.15, -0.1) is 0 Å². The standard InChI is InChI=1S/C25H31N3O/c1-19(20-11-4-2-5-12-20)28-23-16-9-8-15-22(23)27-24(28)17-10-18-26-25(29)21-13-6-3-7-14-21/h2,4-5,8-9,11-12,15-16,19,21H,3,6-7,10,13-14,17-18H2,1H3,(H,26,29). The van der Waals surface area contributed by atoms with Crippen molar-refractivity contribution in [3.63, 3.8) is 0 Å². The predicted octanol–water partition coefficient (Wildman–Crippen LogP) is 5.27. The van der Waals surface area contributed by atoms with E-state index in [1.807, 2.05) is 6.07 Å². The minimum Gasteiger partial charge on any atom is -0.356 e. The van der Waals surface area contributed by atoms with Crippen LogP contribution in [0.15, 0.2) is 54.6 Å². The van der Waals surface area contributed by atoms with Gasteiger partial charge in [0.05, 0.1) is 17.1 Å². The van der Waals surface area contributed by atoms with E-state index in [2.05, 4.69) is 65.3 Å². The molecule has 1 saturated carbocycles. The van der Waals surface area contributed by atoms with Crippen molar-refractivity contribution in [2.75, 3.05) is 6.54 Å². The molecule has 4 nitrogen and oxygen atoms in total. The molecule has 0 aliphatic heterocycles. The Balaban J connectivity index is 1.45. The van der Waals surface area contributed by atoms with Crippen LogP contribution >= 0.6 is 0 Å². The zero-order chi connectivity index (χ0) is 20.1. The van der Waals surface area contributed by atoms with Gasteiger partial charge in [0.25, 0.3) is 0 Å². The number of hydrogen-bond donors (Lipinski definition) is 1. The molecule has 1 unspecified atom stereocenters. The van der Waals surface area contributed by atoms with Gasteiger partial charge >= 0.3 is 0 Å². The molecule has 1 aliphatic rings. The number of imidazole rings is 1. The number of aryl methyl sites for hydroxylation is 1. The second-order valence-electron chi connectivity index (χ2n) is 8.20. The van der Waals surface area contributed by atoms with Gasteiger partial charge in [-0.25, -0.2) is 4.98 Å². The van der Waals surface area contributed by atoms with Crippen LogP contribution < -0.4 is 5.32 Å². The Bertz CT molecular complexity index is 941. The molecule has 1 atom stereocenters. The van der Waals surface area contributed by atoms with Crippen molar-refractivity contribution >= 4 is 16.9 Å². The lowest BCUT2D eigenvalue weighted by molar-refractivity contribution is -0.125. The fraction of sp³-hybridized carbons (Fsp3) is 0.440. The molecule has 0 radical (unpaired) electrons. The molecule has 152 valence electrons. The average molecular weight is 390 g/mol. The molecular formula is C25H31N3O. The van der Waals surface area contributed by atoms with Crippen molar-refractivity contribution in [1.82, 2.24) is 14.9 Å². The summed E-state index contributed by atoms with van der Waals surface area (Å²) >= 11 is 0. The molecule has 0 spiro atoms. The second-order valence-corrected chi connectivity index (χ2v) is 8.20. The number of para-hydroxylation sites is 2. The van der Waals surface area contributed by atoms with Crippen LogP contribution in [0, 0.1) is 5.92 Å². The molecule has 2 aromatic carbocycles. The van der Waals surface area contributed by atoms with Crippen LogP contribution in [0.4, 0.5) is 0 Å². The number of fused-ring (bicyclic) bond motifs is 1. The molecular weight excluding hydrogens is 358 g/mol. The summed E-state index contributed by atoms with van der Waals surface area (Å²) in [6, 6.07) is 19.1. The second kappa shape index (κ2) is 9.25. The largest absolute Gasteiger partial charge is 0.356 e. The summed E-state index contributed by atoms with van der Waals surface area (Å²) in [6.07, 6.45) is 7.53. The van der Waals surface area contributed by atoms with E-state index in [4.69, 9.17) is 4.98 Å². The number of rotatable bonds is 7. The van der Waals surface area contributed by atoms with Crippen LogP contribution in [0.3, 0.4) is 0 Å². The lowest BCUT2D eigenvalue weighted by Crippen LogP contribution is -2.32. The molecule has 4 rings (SSSR count). The lowest BCUT2D eigenvalue weighted by Gasteiger charge is -2.21. The Morgan fingerprint density at radius 2 is 1.79 bits per heavy atom. The van der Waals surface area contributed by atoms with Crippen LogP contribution in [0.1, 0.15) is 62.9 Å². The van der Waals surface area contributed by atoms with Crippen molar-refractivity contribution in [3.05, 3.63) is 66.0 Å². The molecule has 1 heterocycles. The summed E-state index contributed by atoms with van der Waals surface area (Å²) < 4.78 is 2.35. The molecule has 0 saturated heterocycles. The maximum Gasteiger partial charge on any atom is 0.223 e. The Hall–Kier alpha value is -2.62. The molecule has 4 heteroatoms. The number of carbonyl (C=O) groups is 1. The number of hydrogen-bond acceptors (Lipinski definition) is 2. The van der Waals surface area contributed by atoms with E-state index in [1.54, 1.807) is 0 Å². The number of aromatic nitrogens is 2. The molecule has 1 aromatic heterocycles. The smallest absolute Gasteiger partial charge is 0.223 e. The first-order chi connectivity index (χ1) is 14.2. The van der Waals surface area contributed by atoms with Gasteiger partial charge in [-0.1, -0.05) is 61.7 Å². The first-order valence-corrected chi connectivity index (χ1v) is 11.0. The molecule has 1 aliphatic carbocycles. The first-order valence-electron chi connectivity index (χ1n) is 11.0. The number of carbonyl (C=O) groups excluding carboxylic acids is 1. The Kier molecular flexibility index (Phi) is 6.28. The summed E-state index contributed by atoms with van der Waals surface area (Å²) in [4.78, 5) is 17.3. The Labute approximate surface area is 173 Å². The van der Waals surface area contributed by atoms with Crippen molar-refractivity contribution in [2.24, 2.45) is 5.92 Å². The molecule has 1 N–H and O–H groups in total. The summed E-state index contributed by atoms with van der Waals surface area (Å²) in [6.45, 7) is 2.95. The highest BCUT2D eigenvalue weighted by Gasteiger charge is 2.21. The average Bonchev–Trinajstić information content (AvgIpc) is 3.15. The monoisotopic (exact) mass is 389 g/mol. The third-order valence-corrected chi connectivity index (χ3v) is 6.19. The SMILES string of the molecule is CC(c1ccccc1)n1c(CCCNC(=O)C2CCCCC2)nc2ccccc21. The van der Waals surface area contributed by atoms with Gasteiger partial charge in [0.1, 0.15) is 5.82 Å². The summed E-state index contributed by atoms with van der Waals surface area (Å²) in [5, 5.41) is 3.16. The van der Waals surface area contributed by atoms with Crippen LogP contribution in [0.5, 0.6) is 0 Å². The fourth-order valence-electron chi connectivity index (χ4n) is 4.55. The highest BCUT2D eigenvalue weighted by atomic mass is 16.1. The quantitative estimate of drug-likeness (QED) is 0.559. The maximum atomic E-state index is 12.4. The van der Waals surface area contributed by atoms with Gasteiger partial charge in [0.15, 0.2) is 0 Å². The third kappa shape index (κ3) is 4.52. The van der Waals surface area contributed by atoms with Gasteiger partial charge in [-0.3, -0.25) is 4.79 Å². The normalized spacial score (nSPS) is 16.0. The Morgan fingerprint density at radius 3 is 2.59 bits per heavy atom. The number of amides is 1. The Morgan fingerprint density at radius 1 is 1.07 bits per heavy atom. The van der Waals surface area contributed by atoms with Crippen LogP contribution in [0.25, 0.3) is 11.0 Å². The molecule has 1 amide bonds. The van der Waals surface area contributed by atoms with Gasteiger partial charge in [-0.05, 0) is 43.9 Å². The fourth-order valence-corrected chi connectivity index (χ4v) is 4.55. The molecule has 3 aromatic rings. The summed E-state index contributed by atoms with van der Waals surface area (Å²) in [5.41, 5.74) is 3.49. The van der Waals surface area contributed by atoms with E-state index < -0.39 is 0 Å². The minimum absolute atomic E-state index is 0.218. The summed E-state index contributed by atoms with van der Waals surface area (Å²) in [5.74, 6) is 1.57. The van der Waals surface area contributed by atoms with Crippen molar-refractivity contribution < 1.29 is 4.79 Å². The number of benzene rings is 2. The van der Waals surface area contributed by atoms with Gasteiger partial charge < -0.3 is 9.88 Å². The van der Waals surface area contributed by atoms with Crippen LogP contribution in [0.2, 0.25) is 0 Å². The van der Waals surface area contributed by atoms with Crippen LogP contribution in [-0.4, -0.2) is 22.0 Å². The first kappa shape index (κ1) is 19.7. The van der Waals surface area contributed by atoms with Crippen molar-refractivity contribution in [1.29, 1.82) is 0 Å². The van der Waals surface area contributed by atoms with E-state index in [9.17, 15) is 4.79 Å². The van der Waals surface area contributed by atoms with Gasteiger partial charge in [0, 0.05) is 18.9 Å².